The molecule has 1 fully saturated rings. The number of unbranched alkanes of at least 4 members (excludes halogenated alkanes) is 5. The van der Waals surface area contributed by atoms with Crippen LogP contribution in [0.1, 0.15) is 92.6 Å². The lowest BCUT2D eigenvalue weighted by Gasteiger charge is -2.23. The number of alkyl carbamates (subject to hydrolysis) is 1. The molecule has 4 N–H and O–H groups in total. The molecule has 1 heterocycles. The predicted octanol–water partition coefficient (Wildman–Crippen LogP) is 3.16. The van der Waals surface area contributed by atoms with E-state index in [-0.39, 0.29) is 25.4 Å². The fourth-order valence-corrected chi connectivity index (χ4v) is 6.17. The van der Waals surface area contributed by atoms with Crippen molar-refractivity contribution in [3.63, 3.8) is 0 Å². The van der Waals surface area contributed by atoms with Gasteiger partial charge in [-0.05, 0) is 43.4 Å². The number of aliphatic hydroxyl groups excluding tert-OH is 1. The van der Waals surface area contributed by atoms with Gasteiger partial charge in [-0.15, -0.1) is 0 Å². The maximum Gasteiger partial charge on any atom is 0.407 e. The van der Waals surface area contributed by atoms with E-state index in [1.807, 2.05) is 48.5 Å². The van der Waals surface area contributed by atoms with Crippen LogP contribution in [0.3, 0.4) is 0 Å². The summed E-state index contributed by atoms with van der Waals surface area (Å²) in [5.41, 5.74) is 3.72. The van der Waals surface area contributed by atoms with E-state index in [0.717, 1.165) is 67.2 Å². The first-order valence-corrected chi connectivity index (χ1v) is 17.9. The zero-order valence-corrected chi connectivity index (χ0v) is 29.3. The summed E-state index contributed by atoms with van der Waals surface area (Å²) in [4.78, 5) is 47.8. The molecule has 274 valence electrons. The van der Waals surface area contributed by atoms with Gasteiger partial charge in [0.1, 0.15) is 32.3 Å². The Morgan fingerprint density at radius 3 is 2.27 bits per heavy atom. The van der Waals surface area contributed by atoms with Crippen molar-refractivity contribution >= 4 is 31.8 Å². The van der Waals surface area contributed by atoms with Gasteiger partial charge in [0.2, 0.25) is 5.91 Å². The fraction of sp³-hybridized carbons (Fsp3) is 0.526. The number of carboxylic acid groups (broad SMARTS) is 1. The van der Waals surface area contributed by atoms with Crippen LogP contribution in [0, 0.1) is 11.8 Å². The molecule has 0 aromatic heterocycles. The summed E-state index contributed by atoms with van der Waals surface area (Å²) in [5, 5.41) is 24.3. The number of carboxylic acids is 1. The van der Waals surface area contributed by atoms with Crippen LogP contribution in [-0.4, -0.2) is 92.6 Å². The van der Waals surface area contributed by atoms with Gasteiger partial charge in [0, 0.05) is 49.2 Å². The van der Waals surface area contributed by atoms with Gasteiger partial charge in [0.05, 0.1) is 25.5 Å². The average molecular weight is 705 g/mol. The highest BCUT2D eigenvalue weighted by molar-refractivity contribution is 6.11. The molecule has 0 spiro atoms. The Morgan fingerprint density at radius 2 is 1.49 bits per heavy atom. The number of carbonyl (C=O) groups excluding carboxylic acids is 3. The lowest BCUT2D eigenvalue weighted by molar-refractivity contribution is -0.158. The highest BCUT2D eigenvalue weighted by Crippen LogP contribution is 2.29. The Kier molecular flexibility index (Phi) is 16.3. The minimum Gasteiger partial charge on any atom is -0.481 e. The summed E-state index contributed by atoms with van der Waals surface area (Å²) in [5.74, 6) is 4.73. The zero-order valence-electron chi connectivity index (χ0n) is 29.3. The molecule has 4 rings (SSSR count). The largest absolute Gasteiger partial charge is 0.481 e. The summed E-state index contributed by atoms with van der Waals surface area (Å²) in [7, 11) is 1.72. The molecule has 1 aliphatic heterocycles. The van der Waals surface area contributed by atoms with E-state index in [4.69, 9.17) is 24.1 Å². The van der Waals surface area contributed by atoms with Gasteiger partial charge in [-0.3, -0.25) is 14.4 Å². The molecule has 12 nitrogen and oxygen atoms in total. The third kappa shape index (κ3) is 13.0. The van der Waals surface area contributed by atoms with E-state index in [2.05, 4.69) is 22.5 Å². The normalized spacial score (nSPS) is 20.4. The van der Waals surface area contributed by atoms with Crippen molar-refractivity contribution in [1.82, 2.24) is 10.6 Å². The number of ether oxygens (including phenoxy) is 4. The van der Waals surface area contributed by atoms with E-state index >= 15 is 0 Å². The quantitative estimate of drug-likeness (QED) is 0.0696. The molecule has 51 heavy (non-hydrogen) atoms. The fourth-order valence-electron chi connectivity index (χ4n) is 6.17. The van der Waals surface area contributed by atoms with E-state index in [1.54, 1.807) is 7.85 Å². The number of esters is 1. The SMILES string of the molecule is B[C@@H]1O[C@H](CO)C(OCCCCCCNC(=O)CCCCCNC(=O)OC2Cc3ccccc3C#Cc3ccccc32)[C@@H]1OC(=O)CCC(=O)O. The lowest BCUT2D eigenvalue weighted by atomic mass is 9.92. The third-order valence-electron chi connectivity index (χ3n) is 8.90. The summed E-state index contributed by atoms with van der Waals surface area (Å²) < 4.78 is 22.9. The molecule has 13 heteroatoms. The molecule has 5 atom stereocenters. The number of hydrogen-bond acceptors (Lipinski definition) is 9. The molecular weight excluding hydrogens is 655 g/mol. The van der Waals surface area contributed by atoms with Gasteiger partial charge in [-0.25, -0.2) is 4.79 Å². The van der Waals surface area contributed by atoms with Crippen molar-refractivity contribution in [2.75, 3.05) is 26.3 Å². The van der Waals surface area contributed by atoms with Crippen LogP contribution >= 0.6 is 0 Å². The molecular formula is C38H49BN2O10. The Labute approximate surface area is 300 Å². The van der Waals surface area contributed by atoms with Gasteiger partial charge in [-0.1, -0.05) is 67.5 Å². The minimum atomic E-state index is -1.08. The molecule has 1 saturated heterocycles. The number of hydrogen-bond donors (Lipinski definition) is 4. The second-order valence-electron chi connectivity index (χ2n) is 12.8. The number of benzene rings is 2. The smallest absolute Gasteiger partial charge is 0.407 e. The van der Waals surface area contributed by atoms with Crippen LogP contribution in [0.15, 0.2) is 48.5 Å². The van der Waals surface area contributed by atoms with Crippen LogP contribution in [-0.2, 0) is 39.8 Å². The number of amides is 2. The maximum absolute atomic E-state index is 12.7. The van der Waals surface area contributed by atoms with Gasteiger partial charge in [0.15, 0.2) is 0 Å². The number of fused-ring (bicyclic) bond motifs is 2. The Bertz CT molecular complexity index is 1530. The van der Waals surface area contributed by atoms with Crippen molar-refractivity contribution in [1.29, 1.82) is 0 Å². The monoisotopic (exact) mass is 704 g/mol. The highest BCUT2D eigenvalue weighted by atomic mass is 16.6. The van der Waals surface area contributed by atoms with Crippen LogP contribution in [0.5, 0.6) is 0 Å². The van der Waals surface area contributed by atoms with Gasteiger partial charge in [-0.2, -0.15) is 0 Å². The molecule has 2 aromatic rings. The summed E-state index contributed by atoms with van der Waals surface area (Å²) >= 11 is 0. The molecule has 2 amide bonds. The summed E-state index contributed by atoms with van der Waals surface area (Å²) in [6, 6.07) is 15.2. The predicted molar refractivity (Wildman–Crippen MR) is 191 cm³/mol. The van der Waals surface area contributed by atoms with Gasteiger partial charge < -0.3 is 39.8 Å². The van der Waals surface area contributed by atoms with Gasteiger partial charge in [0.25, 0.3) is 0 Å². The second-order valence-corrected chi connectivity index (χ2v) is 12.8. The molecule has 2 aromatic carbocycles. The Balaban J connectivity index is 1.02. The number of rotatable bonds is 20. The van der Waals surface area contributed by atoms with Crippen LogP contribution < -0.4 is 10.6 Å². The van der Waals surface area contributed by atoms with Crippen molar-refractivity contribution < 1.29 is 48.3 Å². The topological polar surface area (TPSA) is 170 Å². The van der Waals surface area contributed by atoms with Crippen molar-refractivity contribution in [3.8, 4) is 11.8 Å². The molecule has 0 radical (unpaired) electrons. The van der Waals surface area contributed by atoms with E-state index in [0.29, 0.717) is 32.5 Å². The van der Waals surface area contributed by atoms with Gasteiger partial charge >= 0.3 is 18.0 Å². The Morgan fingerprint density at radius 1 is 0.804 bits per heavy atom. The summed E-state index contributed by atoms with van der Waals surface area (Å²) in [6.45, 7) is 1.15. The van der Waals surface area contributed by atoms with Crippen LogP contribution in [0.4, 0.5) is 4.79 Å². The number of carbonyl (C=O) groups is 4. The second kappa shape index (κ2) is 21.1. The van der Waals surface area contributed by atoms with Crippen molar-refractivity contribution in [3.05, 3.63) is 70.8 Å². The molecule has 2 aliphatic rings. The number of aliphatic hydroxyl groups is 1. The van der Waals surface area contributed by atoms with Crippen molar-refractivity contribution in [2.45, 2.75) is 101 Å². The van der Waals surface area contributed by atoms with E-state index in [1.165, 1.54) is 0 Å². The highest BCUT2D eigenvalue weighted by Gasteiger charge is 2.45. The van der Waals surface area contributed by atoms with Crippen LogP contribution in [0.2, 0.25) is 0 Å². The van der Waals surface area contributed by atoms with Crippen molar-refractivity contribution in [2.24, 2.45) is 0 Å². The third-order valence-corrected chi connectivity index (χ3v) is 8.90. The first-order valence-electron chi connectivity index (χ1n) is 17.9. The lowest BCUT2D eigenvalue weighted by Crippen LogP contribution is -2.40. The first-order chi connectivity index (χ1) is 24.7. The van der Waals surface area contributed by atoms with Crippen LogP contribution in [0.25, 0.3) is 0 Å². The molecule has 1 aliphatic carbocycles. The number of aliphatic carboxylic acids is 1. The van der Waals surface area contributed by atoms with E-state index in [9.17, 15) is 24.3 Å². The maximum atomic E-state index is 12.7. The zero-order chi connectivity index (χ0) is 36.4. The molecule has 2 unspecified atom stereocenters. The minimum absolute atomic E-state index is 0.00590. The summed E-state index contributed by atoms with van der Waals surface area (Å²) in [6.07, 6.45) is 3.09. The standard InChI is InChI=1S/C38H49BN2O10/c39-37-36(51-34(46)20-19-33(44)45)35(31(25-42)49-37)48-23-11-2-1-9-21-40-32(43)16-4-3-10-22-41-38(47)50-30-24-28-14-6-5-12-26(28)17-18-27-13-7-8-15-29(27)30/h5-8,12-15,30-31,35-37,42H,1-4,9-11,16,19-25,39H2,(H,40,43)(H,41,47)(H,44,45)/t30?,31-,35?,36+,37-/m1/s1. The Hall–Kier alpha value is -4.38. The first kappa shape index (κ1) is 39.4. The molecule has 0 saturated carbocycles. The van der Waals surface area contributed by atoms with E-state index < -0.39 is 48.5 Å². The molecule has 0 bridgehead atoms. The average Bonchev–Trinajstić information content (AvgIpc) is 3.41. The number of nitrogens with one attached hydrogen (secondary N) is 2.